The molecule has 1 aromatic carbocycles. The number of carbonyl (C=O) groups is 2. The van der Waals surface area contributed by atoms with E-state index in [4.69, 9.17) is 4.74 Å². The highest BCUT2D eigenvalue weighted by Crippen LogP contribution is 2.36. The average molecular weight is 280 g/mol. The standard InChI is InChI=1S/C12H9FN2O5/c1-2-20-12(17)8-5-14-10-7(11(8)16)3-6(13)4-9(10)15(18)19/h3-5,8H,2H2,1H3. The van der Waals surface area contributed by atoms with Crippen LogP contribution in [0.5, 0.6) is 0 Å². The lowest BCUT2D eigenvalue weighted by Gasteiger charge is -2.16. The van der Waals surface area contributed by atoms with Gasteiger partial charge in [-0.15, -0.1) is 0 Å². The number of Topliss-reactive ketones (excluding diaryl/α,β-unsaturated/α-hetero) is 1. The summed E-state index contributed by atoms with van der Waals surface area (Å²) >= 11 is 0. The zero-order valence-corrected chi connectivity index (χ0v) is 10.3. The third-order valence-corrected chi connectivity index (χ3v) is 2.69. The molecular weight excluding hydrogens is 271 g/mol. The Labute approximate surface area is 112 Å². The van der Waals surface area contributed by atoms with Crippen molar-refractivity contribution in [2.45, 2.75) is 6.92 Å². The molecule has 0 amide bonds. The molecule has 0 fully saturated rings. The van der Waals surface area contributed by atoms with Gasteiger partial charge in [0, 0.05) is 6.21 Å². The number of hydrogen-bond acceptors (Lipinski definition) is 6. The van der Waals surface area contributed by atoms with E-state index in [-0.39, 0.29) is 17.9 Å². The molecule has 2 rings (SSSR count). The van der Waals surface area contributed by atoms with Crippen LogP contribution < -0.4 is 0 Å². The lowest BCUT2D eigenvalue weighted by Crippen LogP contribution is -2.29. The number of nitro benzene ring substituents is 1. The van der Waals surface area contributed by atoms with E-state index in [2.05, 4.69) is 4.99 Å². The molecule has 0 radical (unpaired) electrons. The Morgan fingerprint density at radius 1 is 1.55 bits per heavy atom. The van der Waals surface area contributed by atoms with Crippen LogP contribution in [0.4, 0.5) is 15.8 Å². The van der Waals surface area contributed by atoms with Crippen molar-refractivity contribution in [2.75, 3.05) is 6.61 Å². The van der Waals surface area contributed by atoms with Crippen molar-refractivity contribution < 1.29 is 23.6 Å². The number of fused-ring (bicyclic) bond motifs is 1. The molecule has 0 saturated carbocycles. The van der Waals surface area contributed by atoms with Gasteiger partial charge in [0.1, 0.15) is 5.82 Å². The number of hydrogen-bond donors (Lipinski definition) is 0. The molecule has 1 aliphatic heterocycles. The highest BCUT2D eigenvalue weighted by atomic mass is 19.1. The summed E-state index contributed by atoms with van der Waals surface area (Å²) < 4.78 is 18.0. The first kappa shape index (κ1) is 13.8. The number of rotatable bonds is 3. The first-order valence-electron chi connectivity index (χ1n) is 5.68. The first-order valence-corrected chi connectivity index (χ1v) is 5.68. The Kier molecular flexibility index (Phi) is 3.55. The highest BCUT2D eigenvalue weighted by molar-refractivity contribution is 6.23. The van der Waals surface area contributed by atoms with Crippen LogP contribution in [-0.4, -0.2) is 29.5 Å². The highest BCUT2D eigenvalue weighted by Gasteiger charge is 2.35. The van der Waals surface area contributed by atoms with Crippen molar-refractivity contribution in [3.05, 3.63) is 33.6 Å². The fraction of sp³-hybridized carbons (Fsp3) is 0.250. The summed E-state index contributed by atoms with van der Waals surface area (Å²) in [4.78, 5) is 37.3. The van der Waals surface area contributed by atoms with Crippen molar-refractivity contribution in [3.63, 3.8) is 0 Å². The summed E-state index contributed by atoms with van der Waals surface area (Å²) in [5.41, 5.74) is -1.16. The van der Waals surface area contributed by atoms with Gasteiger partial charge in [0.15, 0.2) is 17.4 Å². The van der Waals surface area contributed by atoms with E-state index in [0.717, 1.165) is 12.3 Å². The molecule has 0 aliphatic carbocycles. The Balaban J connectivity index is 2.51. The number of halogens is 1. The normalized spacial score (nSPS) is 16.7. The lowest BCUT2D eigenvalue weighted by molar-refractivity contribution is -0.384. The monoisotopic (exact) mass is 280 g/mol. The van der Waals surface area contributed by atoms with Crippen LogP contribution in [0.2, 0.25) is 0 Å². The smallest absolute Gasteiger partial charge is 0.322 e. The first-order chi connectivity index (χ1) is 9.45. The summed E-state index contributed by atoms with van der Waals surface area (Å²) in [5, 5.41) is 10.8. The van der Waals surface area contributed by atoms with Gasteiger partial charge in [-0.2, -0.15) is 0 Å². The van der Waals surface area contributed by atoms with Crippen LogP contribution in [0.3, 0.4) is 0 Å². The number of ketones is 1. The largest absolute Gasteiger partial charge is 0.465 e. The lowest BCUT2D eigenvalue weighted by atomic mass is 9.94. The maximum Gasteiger partial charge on any atom is 0.322 e. The predicted octanol–water partition coefficient (Wildman–Crippen LogP) is 1.81. The van der Waals surface area contributed by atoms with Crippen molar-refractivity contribution in [1.82, 2.24) is 0 Å². The molecule has 1 unspecified atom stereocenters. The summed E-state index contributed by atoms with van der Waals surface area (Å²) in [6.45, 7) is 1.65. The van der Waals surface area contributed by atoms with E-state index in [1.54, 1.807) is 6.92 Å². The number of carbonyl (C=O) groups excluding carboxylic acids is 2. The minimum Gasteiger partial charge on any atom is -0.465 e. The third kappa shape index (κ3) is 2.27. The average Bonchev–Trinajstić information content (AvgIpc) is 2.39. The second-order valence-electron chi connectivity index (χ2n) is 3.95. The molecule has 7 nitrogen and oxygen atoms in total. The van der Waals surface area contributed by atoms with Crippen molar-refractivity contribution in [1.29, 1.82) is 0 Å². The van der Waals surface area contributed by atoms with Crippen molar-refractivity contribution >= 4 is 29.3 Å². The van der Waals surface area contributed by atoms with Gasteiger partial charge in [0.2, 0.25) is 0 Å². The van der Waals surface area contributed by atoms with E-state index in [1.165, 1.54) is 0 Å². The topological polar surface area (TPSA) is 98.9 Å². The van der Waals surface area contributed by atoms with Gasteiger partial charge in [-0.1, -0.05) is 0 Å². The Morgan fingerprint density at radius 3 is 2.85 bits per heavy atom. The van der Waals surface area contributed by atoms with Gasteiger partial charge in [-0.05, 0) is 13.0 Å². The van der Waals surface area contributed by atoms with Gasteiger partial charge in [0.05, 0.1) is 23.2 Å². The second-order valence-corrected chi connectivity index (χ2v) is 3.95. The van der Waals surface area contributed by atoms with E-state index in [1.807, 2.05) is 0 Å². The Morgan fingerprint density at radius 2 is 2.25 bits per heavy atom. The summed E-state index contributed by atoms with van der Waals surface area (Å²) in [6.07, 6.45) is 0.980. The number of ether oxygens (including phenoxy) is 1. The van der Waals surface area contributed by atoms with Crippen LogP contribution in [0.1, 0.15) is 17.3 Å². The van der Waals surface area contributed by atoms with Crippen molar-refractivity contribution in [3.8, 4) is 0 Å². The molecule has 8 heteroatoms. The Hall–Kier alpha value is -2.64. The number of aliphatic imine (C=N–C) groups is 1. The second kappa shape index (κ2) is 5.16. The molecule has 20 heavy (non-hydrogen) atoms. The maximum absolute atomic E-state index is 13.3. The van der Waals surface area contributed by atoms with Crippen LogP contribution >= 0.6 is 0 Å². The van der Waals surface area contributed by atoms with Gasteiger partial charge in [-0.25, -0.2) is 4.39 Å². The molecule has 1 aromatic rings. The van der Waals surface area contributed by atoms with E-state index >= 15 is 0 Å². The van der Waals surface area contributed by atoms with Gasteiger partial charge in [0.25, 0.3) is 5.69 Å². The minimum absolute atomic E-state index is 0.0760. The molecule has 0 saturated heterocycles. The maximum atomic E-state index is 13.3. The van der Waals surface area contributed by atoms with Gasteiger partial charge < -0.3 is 4.74 Å². The fourth-order valence-corrected chi connectivity index (χ4v) is 1.83. The zero-order valence-electron chi connectivity index (χ0n) is 10.3. The van der Waals surface area contributed by atoms with Crippen LogP contribution in [0.25, 0.3) is 0 Å². The molecule has 1 heterocycles. The molecule has 1 atom stereocenters. The van der Waals surface area contributed by atoms with E-state index < -0.39 is 34.1 Å². The minimum atomic E-state index is -1.30. The van der Waals surface area contributed by atoms with Crippen LogP contribution in [-0.2, 0) is 9.53 Å². The molecule has 0 spiro atoms. The van der Waals surface area contributed by atoms with Crippen LogP contribution in [0.15, 0.2) is 17.1 Å². The quantitative estimate of drug-likeness (QED) is 0.364. The number of nitro groups is 1. The van der Waals surface area contributed by atoms with Crippen LogP contribution in [0, 0.1) is 21.8 Å². The molecule has 1 aliphatic rings. The number of esters is 1. The molecule has 104 valence electrons. The Bertz CT molecular complexity index is 641. The van der Waals surface area contributed by atoms with Gasteiger partial charge >= 0.3 is 5.97 Å². The molecule has 0 aromatic heterocycles. The van der Waals surface area contributed by atoms with E-state index in [9.17, 15) is 24.1 Å². The predicted molar refractivity (Wildman–Crippen MR) is 65.7 cm³/mol. The number of nitrogens with zero attached hydrogens (tertiary/aromatic N) is 2. The third-order valence-electron chi connectivity index (χ3n) is 2.69. The SMILES string of the molecule is CCOC(=O)C1C=Nc2c(cc(F)cc2[N+](=O)[O-])C1=O. The molecular formula is C12H9FN2O5. The van der Waals surface area contributed by atoms with Crippen molar-refractivity contribution in [2.24, 2.45) is 10.9 Å². The fourth-order valence-electron chi connectivity index (χ4n) is 1.83. The zero-order chi connectivity index (χ0) is 14.9. The number of benzene rings is 1. The molecule has 0 bridgehead atoms. The summed E-state index contributed by atoms with van der Waals surface area (Å²) in [6, 6.07) is 1.50. The summed E-state index contributed by atoms with van der Waals surface area (Å²) in [7, 11) is 0. The molecule has 0 N–H and O–H groups in total. The summed E-state index contributed by atoms with van der Waals surface area (Å²) in [5.74, 6) is -3.83. The van der Waals surface area contributed by atoms with E-state index in [0.29, 0.717) is 6.07 Å². The van der Waals surface area contributed by atoms with Gasteiger partial charge in [-0.3, -0.25) is 24.7 Å².